The summed E-state index contributed by atoms with van der Waals surface area (Å²) in [4.78, 5) is 4.49. The minimum absolute atomic E-state index is 0.102. The number of thioether (sulfide) groups is 1. The molecule has 1 saturated heterocycles. The molecule has 1 aliphatic heterocycles. The predicted molar refractivity (Wildman–Crippen MR) is 117 cm³/mol. The molecule has 1 N–H and O–H groups in total. The monoisotopic (exact) mass is 426 g/mol. The molecule has 148 valence electrons. The van der Waals surface area contributed by atoms with Crippen LogP contribution in [0.3, 0.4) is 0 Å². The average Bonchev–Trinajstić information content (AvgIpc) is 3.23. The van der Waals surface area contributed by atoms with Crippen LogP contribution >= 0.6 is 23.1 Å². The molecular formula is C20H18N4O3S2. The molecule has 1 aliphatic rings. The Morgan fingerprint density at radius 3 is 2.55 bits per heavy atom. The number of hydrogen-bond donors (Lipinski definition) is 1. The Hall–Kier alpha value is -2.78. The Bertz CT molecular complexity index is 1210. The van der Waals surface area contributed by atoms with E-state index in [9.17, 15) is 5.11 Å². The number of azo groups is 1. The van der Waals surface area contributed by atoms with Crippen LogP contribution in [0.25, 0.3) is 21.1 Å². The van der Waals surface area contributed by atoms with Crippen LogP contribution in [-0.4, -0.2) is 40.4 Å². The third kappa shape index (κ3) is 3.01. The van der Waals surface area contributed by atoms with E-state index >= 15 is 0 Å². The summed E-state index contributed by atoms with van der Waals surface area (Å²) in [6.07, 6.45) is 0. The molecule has 2 aromatic carbocycles. The van der Waals surface area contributed by atoms with Crippen molar-refractivity contribution in [3.05, 3.63) is 36.4 Å². The molecule has 0 aliphatic carbocycles. The van der Waals surface area contributed by atoms with Gasteiger partial charge in [0.25, 0.3) is 0 Å². The molecule has 9 heteroatoms. The second-order valence-electron chi connectivity index (χ2n) is 6.62. The molecule has 0 amide bonds. The molecular weight excluding hydrogens is 408 g/mol. The lowest BCUT2D eigenvalue weighted by Gasteiger charge is -2.28. The van der Waals surface area contributed by atoms with Gasteiger partial charge < -0.3 is 19.1 Å². The van der Waals surface area contributed by atoms with Gasteiger partial charge in [-0.2, -0.15) is 11.8 Å². The van der Waals surface area contributed by atoms with Crippen LogP contribution in [0.2, 0.25) is 0 Å². The largest absolute Gasteiger partial charge is 0.493 e. The summed E-state index contributed by atoms with van der Waals surface area (Å²) < 4.78 is 13.9. The maximum atomic E-state index is 11.0. The van der Waals surface area contributed by atoms with E-state index in [1.165, 1.54) is 11.3 Å². The van der Waals surface area contributed by atoms with Gasteiger partial charge in [-0.1, -0.05) is 23.5 Å². The first-order chi connectivity index (χ1) is 14.2. The van der Waals surface area contributed by atoms with Gasteiger partial charge in [-0.05, 0) is 18.2 Å². The Balaban J connectivity index is 1.66. The van der Waals surface area contributed by atoms with Crippen molar-refractivity contribution >= 4 is 55.0 Å². The lowest BCUT2D eigenvalue weighted by atomic mass is 10.2. The van der Waals surface area contributed by atoms with Crippen LogP contribution in [0.15, 0.2) is 46.6 Å². The molecule has 1 fully saturated rings. The molecule has 3 heterocycles. The minimum Gasteiger partial charge on any atom is -0.493 e. The van der Waals surface area contributed by atoms with Crippen molar-refractivity contribution < 1.29 is 14.6 Å². The number of thiazole rings is 1. The lowest BCUT2D eigenvalue weighted by molar-refractivity contribution is 0.355. The van der Waals surface area contributed by atoms with E-state index in [2.05, 4.69) is 15.2 Å². The van der Waals surface area contributed by atoms with E-state index in [-0.39, 0.29) is 11.9 Å². The van der Waals surface area contributed by atoms with E-state index in [0.717, 1.165) is 32.6 Å². The van der Waals surface area contributed by atoms with Gasteiger partial charge >= 0.3 is 0 Å². The highest BCUT2D eigenvalue weighted by atomic mass is 32.2. The van der Waals surface area contributed by atoms with E-state index < -0.39 is 0 Å². The quantitative estimate of drug-likeness (QED) is 0.415. The molecule has 29 heavy (non-hydrogen) atoms. The standard InChI is InChI=1S/C20H18N4O3S2/c1-26-15-7-12-14(8-16(15)27-2)24(11-9-28-10-11)19(25)18(12)22-23-20-21-13-5-3-4-6-17(13)29-20/h3-8,11,25H,9-10H2,1-2H3. The molecule has 7 nitrogen and oxygen atoms in total. The topological polar surface area (TPSA) is 81.2 Å². The lowest BCUT2D eigenvalue weighted by Crippen LogP contribution is -2.22. The zero-order valence-electron chi connectivity index (χ0n) is 15.8. The number of hydrogen-bond acceptors (Lipinski definition) is 8. The summed E-state index contributed by atoms with van der Waals surface area (Å²) in [6, 6.07) is 11.8. The highest BCUT2D eigenvalue weighted by molar-refractivity contribution is 8.00. The fraction of sp³-hybridized carbons (Fsp3) is 0.250. The summed E-state index contributed by atoms with van der Waals surface area (Å²) in [5.41, 5.74) is 2.15. The number of fused-ring (bicyclic) bond motifs is 2. The van der Waals surface area contributed by atoms with Crippen molar-refractivity contribution in [3.8, 4) is 17.4 Å². The first-order valence-corrected chi connectivity index (χ1v) is 11.0. The number of nitrogens with zero attached hydrogens (tertiary/aromatic N) is 4. The van der Waals surface area contributed by atoms with Crippen molar-refractivity contribution in [3.63, 3.8) is 0 Å². The van der Waals surface area contributed by atoms with E-state index in [4.69, 9.17) is 9.47 Å². The van der Waals surface area contributed by atoms with E-state index in [1.54, 1.807) is 14.2 Å². The van der Waals surface area contributed by atoms with Crippen LogP contribution in [0.4, 0.5) is 10.8 Å². The highest BCUT2D eigenvalue weighted by Gasteiger charge is 2.28. The smallest absolute Gasteiger partial charge is 0.231 e. The fourth-order valence-corrected chi connectivity index (χ4v) is 4.97. The van der Waals surface area contributed by atoms with Crippen LogP contribution in [-0.2, 0) is 0 Å². The summed E-state index contributed by atoms with van der Waals surface area (Å²) in [5.74, 6) is 3.18. The summed E-state index contributed by atoms with van der Waals surface area (Å²) in [5, 5.41) is 21.0. The molecule has 0 spiro atoms. The van der Waals surface area contributed by atoms with Crippen LogP contribution in [0.1, 0.15) is 6.04 Å². The van der Waals surface area contributed by atoms with Crippen LogP contribution in [0, 0.1) is 0 Å². The Kier molecular flexibility index (Phi) is 4.56. The third-order valence-corrected chi connectivity index (χ3v) is 7.12. The fourth-order valence-electron chi connectivity index (χ4n) is 3.44. The maximum absolute atomic E-state index is 11.0. The first-order valence-electron chi connectivity index (χ1n) is 9.03. The van der Waals surface area contributed by atoms with E-state index in [0.29, 0.717) is 22.3 Å². The summed E-state index contributed by atoms with van der Waals surface area (Å²) >= 11 is 3.31. The number of para-hydroxylation sites is 1. The molecule has 4 aromatic rings. The normalized spacial score (nSPS) is 14.7. The number of aromatic hydroxyl groups is 1. The number of benzene rings is 2. The number of aromatic nitrogens is 2. The Morgan fingerprint density at radius 2 is 1.86 bits per heavy atom. The Morgan fingerprint density at radius 1 is 1.10 bits per heavy atom. The molecule has 0 bridgehead atoms. The van der Waals surface area contributed by atoms with Gasteiger partial charge in [0.2, 0.25) is 11.0 Å². The zero-order chi connectivity index (χ0) is 20.0. The van der Waals surface area contributed by atoms with Crippen molar-refractivity contribution in [1.82, 2.24) is 9.55 Å². The van der Waals surface area contributed by atoms with E-state index in [1.807, 2.05) is 52.7 Å². The second-order valence-corrected chi connectivity index (χ2v) is 8.71. The molecule has 0 saturated carbocycles. The van der Waals surface area contributed by atoms with Crippen molar-refractivity contribution in [2.45, 2.75) is 6.04 Å². The minimum atomic E-state index is 0.102. The SMILES string of the molecule is COc1cc2c(N=Nc3nc4ccccc4s3)c(O)n(C3CSC3)c2cc1OC. The number of methoxy groups -OCH3 is 2. The first kappa shape index (κ1) is 18.3. The summed E-state index contributed by atoms with van der Waals surface area (Å²) in [7, 11) is 3.19. The highest BCUT2D eigenvalue weighted by Crippen LogP contribution is 2.48. The van der Waals surface area contributed by atoms with Gasteiger partial charge in [-0.3, -0.25) is 0 Å². The molecule has 2 aromatic heterocycles. The second kappa shape index (κ2) is 7.23. The predicted octanol–water partition coefficient (Wildman–Crippen LogP) is 5.68. The third-order valence-electron chi connectivity index (χ3n) is 4.96. The van der Waals surface area contributed by atoms with Gasteiger partial charge in [-0.25, -0.2) is 4.98 Å². The van der Waals surface area contributed by atoms with Gasteiger partial charge in [-0.15, -0.1) is 10.2 Å². The Labute approximate surface area is 175 Å². The van der Waals surface area contributed by atoms with Gasteiger partial charge in [0, 0.05) is 23.0 Å². The number of ether oxygens (including phenoxy) is 2. The van der Waals surface area contributed by atoms with Crippen molar-refractivity contribution in [1.29, 1.82) is 0 Å². The van der Waals surface area contributed by atoms with Crippen LogP contribution in [0.5, 0.6) is 17.4 Å². The molecule has 0 atom stereocenters. The van der Waals surface area contributed by atoms with Gasteiger partial charge in [0.1, 0.15) is 0 Å². The van der Waals surface area contributed by atoms with Crippen LogP contribution < -0.4 is 9.47 Å². The molecule has 5 rings (SSSR count). The molecule has 0 unspecified atom stereocenters. The van der Waals surface area contributed by atoms with Crippen molar-refractivity contribution in [2.24, 2.45) is 10.2 Å². The number of rotatable bonds is 5. The van der Waals surface area contributed by atoms with Crippen molar-refractivity contribution in [2.75, 3.05) is 25.7 Å². The zero-order valence-corrected chi connectivity index (χ0v) is 17.5. The maximum Gasteiger partial charge on any atom is 0.231 e. The molecule has 0 radical (unpaired) electrons. The summed E-state index contributed by atoms with van der Waals surface area (Å²) in [6.45, 7) is 0. The average molecular weight is 427 g/mol. The van der Waals surface area contributed by atoms with Gasteiger partial charge in [0.15, 0.2) is 17.2 Å². The van der Waals surface area contributed by atoms with Gasteiger partial charge in [0.05, 0.1) is 36.0 Å².